The van der Waals surface area contributed by atoms with Gasteiger partial charge in [0, 0.05) is 0 Å². The lowest BCUT2D eigenvalue weighted by molar-refractivity contribution is -0.153. The van der Waals surface area contributed by atoms with Crippen LogP contribution in [0.25, 0.3) is 0 Å². The number of alkyl halides is 1. The fourth-order valence-corrected chi connectivity index (χ4v) is 1.95. The van der Waals surface area contributed by atoms with Crippen molar-refractivity contribution in [2.24, 2.45) is 0 Å². The smallest absolute Gasteiger partial charge is 0.333 e. The molecule has 1 unspecified atom stereocenters. The summed E-state index contributed by atoms with van der Waals surface area (Å²) in [6.07, 6.45) is 2.28. The van der Waals surface area contributed by atoms with E-state index in [4.69, 9.17) is 11.6 Å². The minimum Gasteiger partial charge on any atom is -0.467 e. The largest absolute Gasteiger partial charge is 0.467 e. The van der Waals surface area contributed by atoms with Gasteiger partial charge in [-0.25, -0.2) is 4.79 Å². The monoisotopic (exact) mass is 219 g/mol. The van der Waals surface area contributed by atoms with Crippen molar-refractivity contribution in [1.82, 2.24) is 5.32 Å². The van der Waals surface area contributed by atoms with Crippen LogP contribution >= 0.6 is 11.6 Å². The van der Waals surface area contributed by atoms with Crippen LogP contribution in [0.2, 0.25) is 0 Å². The third kappa shape index (κ3) is 1.91. The molecule has 0 saturated carbocycles. The zero-order valence-electron chi connectivity index (χ0n) is 8.14. The highest BCUT2D eigenvalue weighted by atomic mass is 35.5. The number of Topliss-reactive ketones (excluding diaryl/α,β-unsaturated/α-hetero) is 1. The second kappa shape index (κ2) is 4.75. The Bertz CT molecular complexity index is 218. The molecule has 0 aromatic heterocycles. The molecule has 0 amide bonds. The van der Waals surface area contributed by atoms with Crippen molar-refractivity contribution in [2.75, 3.05) is 19.5 Å². The van der Waals surface area contributed by atoms with Crippen LogP contribution in [0.1, 0.15) is 19.3 Å². The molecule has 4 nitrogen and oxygen atoms in total. The predicted octanol–water partition coefficient (Wildman–Crippen LogP) is 0.480. The van der Waals surface area contributed by atoms with Gasteiger partial charge in [0.25, 0.3) is 0 Å². The zero-order chi connectivity index (χ0) is 10.6. The van der Waals surface area contributed by atoms with Gasteiger partial charge in [-0.3, -0.25) is 10.1 Å². The number of ketones is 1. The predicted molar refractivity (Wildman–Crippen MR) is 52.3 cm³/mol. The molecule has 1 aliphatic heterocycles. The van der Waals surface area contributed by atoms with Gasteiger partial charge in [0.2, 0.25) is 0 Å². The summed E-state index contributed by atoms with van der Waals surface area (Å²) in [5.41, 5.74) is -1.19. The molecule has 0 spiro atoms. The lowest BCUT2D eigenvalue weighted by Gasteiger charge is -2.33. The van der Waals surface area contributed by atoms with Crippen LogP contribution in [0.3, 0.4) is 0 Å². The number of halogens is 1. The molecule has 0 aromatic rings. The van der Waals surface area contributed by atoms with Gasteiger partial charge in [-0.15, -0.1) is 11.6 Å². The summed E-state index contributed by atoms with van der Waals surface area (Å²) in [6.45, 7) is 0.651. The van der Waals surface area contributed by atoms with E-state index in [1.807, 2.05) is 0 Å². The maximum Gasteiger partial charge on any atom is 0.333 e. The van der Waals surface area contributed by atoms with Crippen molar-refractivity contribution in [1.29, 1.82) is 0 Å². The Balaban J connectivity index is 2.87. The highest BCUT2D eigenvalue weighted by molar-refractivity contribution is 6.31. The molecule has 1 saturated heterocycles. The third-order valence-corrected chi connectivity index (χ3v) is 2.78. The van der Waals surface area contributed by atoms with Crippen LogP contribution in [0.5, 0.6) is 0 Å². The number of hydrogen-bond donors (Lipinski definition) is 1. The van der Waals surface area contributed by atoms with E-state index in [1.165, 1.54) is 7.11 Å². The summed E-state index contributed by atoms with van der Waals surface area (Å²) in [5, 5.41) is 2.93. The van der Waals surface area contributed by atoms with Crippen LogP contribution in [0.15, 0.2) is 0 Å². The van der Waals surface area contributed by atoms with E-state index in [1.54, 1.807) is 0 Å². The number of piperidine rings is 1. The average molecular weight is 220 g/mol. The minimum atomic E-state index is -1.19. The van der Waals surface area contributed by atoms with Gasteiger partial charge in [-0.2, -0.15) is 0 Å². The molecule has 0 bridgehead atoms. The van der Waals surface area contributed by atoms with Crippen molar-refractivity contribution >= 4 is 23.4 Å². The Labute approximate surface area is 87.9 Å². The normalized spacial score (nSPS) is 27.0. The highest BCUT2D eigenvalue weighted by Crippen LogP contribution is 2.22. The number of esters is 1. The van der Waals surface area contributed by atoms with Gasteiger partial charge in [0.15, 0.2) is 11.3 Å². The average Bonchev–Trinajstić information content (AvgIpc) is 2.27. The minimum absolute atomic E-state index is 0.165. The van der Waals surface area contributed by atoms with Gasteiger partial charge >= 0.3 is 5.97 Å². The number of carbonyl (C=O) groups is 2. The maximum atomic E-state index is 11.6. The molecular formula is C9H14ClNO3. The summed E-state index contributed by atoms with van der Waals surface area (Å²) in [5.74, 6) is -0.990. The van der Waals surface area contributed by atoms with Crippen molar-refractivity contribution < 1.29 is 14.3 Å². The van der Waals surface area contributed by atoms with E-state index in [-0.39, 0.29) is 11.7 Å². The van der Waals surface area contributed by atoms with Crippen LogP contribution in [0, 0.1) is 0 Å². The van der Waals surface area contributed by atoms with Crippen molar-refractivity contribution in [3.63, 3.8) is 0 Å². The Morgan fingerprint density at radius 3 is 2.64 bits per heavy atom. The standard InChI is InChI=1S/C9H14ClNO3/c1-14-8(13)9(7(12)6-10)4-2-3-5-11-9/h11H,2-6H2,1H3. The van der Waals surface area contributed by atoms with E-state index in [9.17, 15) is 9.59 Å². The second-order valence-corrected chi connectivity index (χ2v) is 3.60. The van der Waals surface area contributed by atoms with E-state index in [0.717, 1.165) is 12.8 Å². The van der Waals surface area contributed by atoms with Crippen LogP contribution < -0.4 is 5.32 Å². The quantitative estimate of drug-likeness (QED) is 0.426. The molecule has 1 rings (SSSR count). The van der Waals surface area contributed by atoms with Gasteiger partial charge in [0.1, 0.15) is 0 Å². The van der Waals surface area contributed by atoms with Gasteiger partial charge in [-0.1, -0.05) is 0 Å². The van der Waals surface area contributed by atoms with Crippen LogP contribution in [-0.4, -0.2) is 36.8 Å². The number of methoxy groups -OCH3 is 1. The molecular weight excluding hydrogens is 206 g/mol. The van der Waals surface area contributed by atoms with Gasteiger partial charge in [-0.05, 0) is 25.8 Å². The fourth-order valence-electron chi connectivity index (χ4n) is 1.72. The topological polar surface area (TPSA) is 55.4 Å². The fraction of sp³-hybridized carbons (Fsp3) is 0.778. The molecule has 0 radical (unpaired) electrons. The van der Waals surface area contributed by atoms with E-state index >= 15 is 0 Å². The van der Waals surface area contributed by atoms with Crippen LogP contribution in [0.4, 0.5) is 0 Å². The van der Waals surface area contributed by atoms with E-state index in [2.05, 4.69) is 10.1 Å². The summed E-state index contributed by atoms with van der Waals surface area (Å²) in [6, 6.07) is 0. The van der Waals surface area contributed by atoms with E-state index in [0.29, 0.717) is 13.0 Å². The number of ether oxygens (including phenoxy) is 1. The molecule has 14 heavy (non-hydrogen) atoms. The first-order valence-corrected chi connectivity index (χ1v) is 5.13. The lowest BCUT2D eigenvalue weighted by atomic mass is 9.85. The summed E-state index contributed by atoms with van der Waals surface area (Å²) in [4.78, 5) is 23.1. The molecule has 0 aromatic carbocycles. The van der Waals surface area contributed by atoms with Crippen molar-refractivity contribution in [2.45, 2.75) is 24.8 Å². The number of rotatable bonds is 3. The van der Waals surface area contributed by atoms with E-state index < -0.39 is 11.5 Å². The zero-order valence-corrected chi connectivity index (χ0v) is 8.89. The second-order valence-electron chi connectivity index (χ2n) is 3.34. The Kier molecular flexibility index (Phi) is 3.89. The molecule has 5 heteroatoms. The molecule has 1 N–H and O–H groups in total. The molecule has 1 fully saturated rings. The Morgan fingerprint density at radius 2 is 2.21 bits per heavy atom. The van der Waals surface area contributed by atoms with Crippen LogP contribution in [-0.2, 0) is 14.3 Å². The first kappa shape index (κ1) is 11.5. The Morgan fingerprint density at radius 1 is 1.50 bits per heavy atom. The summed E-state index contributed by atoms with van der Waals surface area (Å²) < 4.78 is 4.64. The first-order valence-electron chi connectivity index (χ1n) is 4.60. The van der Waals surface area contributed by atoms with Crippen molar-refractivity contribution in [3.8, 4) is 0 Å². The molecule has 0 aliphatic carbocycles. The van der Waals surface area contributed by atoms with Crippen molar-refractivity contribution in [3.05, 3.63) is 0 Å². The van der Waals surface area contributed by atoms with Gasteiger partial charge < -0.3 is 4.74 Å². The molecule has 1 heterocycles. The Hall–Kier alpha value is -0.610. The highest BCUT2D eigenvalue weighted by Gasteiger charge is 2.46. The lowest BCUT2D eigenvalue weighted by Crippen LogP contribution is -2.61. The molecule has 80 valence electrons. The number of carbonyl (C=O) groups excluding carboxylic acids is 2. The molecule has 1 atom stereocenters. The molecule has 1 aliphatic rings. The summed E-state index contributed by atoms with van der Waals surface area (Å²) >= 11 is 5.48. The van der Waals surface area contributed by atoms with Gasteiger partial charge in [0.05, 0.1) is 13.0 Å². The third-order valence-electron chi connectivity index (χ3n) is 2.54. The SMILES string of the molecule is COC(=O)C1(C(=O)CCl)CCCCN1. The number of hydrogen-bond acceptors (Lipinski definition) is 4. The first-order chi connectivity index (χ1) is 6.67. The summed E-state index contributed by atoms with van der Waals surface area (Å²) in [7, 11) is 1.28. The maximum absolute atomic E-state index is 11.6. The number of nitrogens with one attached hydrogen (secondary N) is 1.